The Morgan fingerprint density at radius 3 is 2.40 bits per heavy atom. The van der Waals surface area contributed by atoms with Crippen LogP contribution in [0.3, 0.4) is 0 Å². The summed E-state index contributed by atoms with van der Waals surface area (Å²) in [6.45, 7) is 11.5. The second-order valence-electron chi connectivity index (χ2n) is 8.64. The Morgan fingerprint density at radius 1 is 1.20 bits per heavy atom. The molecule has 0 aliphatic heterocycles. The molecule has 1 aromatic carbocycles. The van der Waals surface area contributed by atoms with Gasteiger partial charge in [0.15, 0.2) is 0 Å². The normalized spacial score (nSPS) is 16.5. The summed E-state index contributed by atoms with van der Waals surface area (Å²) in [5, 5.41) is 9.53. The molecule has 140 valence electrons. The minimum Gasteiger partial charge on any atom is -0.543 e. The fourth-order valence-corrected chi connectivity index (χ4v) is 3.89. The molecule has 1 aliphatic carbocycles. The zero-order valence-corrected chi connectivity index (χ0v) is 17.2. The van der Waals surface area contributed by atoms with Crippen LogP contribution in [0.2, 0.25) is 18.1 Å². The van der Waals surface area contributed by atoms with Crippen LogP contribution in [0.5, 0.6) is 11.5 Å². The van der Waals surface area contributed by atoms with Gasteiger partial charge in [0.2, 0.25) is 8.32 Å². The molecule has 1 fully saturated rings. The maximum atomic E-state index is 11.5. The third-order valence-corrected chi connectivity index (χ3v) is 9.92. The molecule has 1 saturated carbocycles. The van der Waals surface area contributed by atoms with Gasteiger partial charge in [0, 0.05) is 6.07 Å². The van der Waals surface area contributed by atoms with Crippen molar-refractivity contribution in [2.45, 2.75) is 71.0 Å². The van der Waals surface area contributed by atoms with Gasteiger partial charge in [-0.1, -0.05) is 40.0 Å². The summed E-state index contributed by atoms with van der Waals surface area (Å²) in [5.74, 6) is 0.697. The third kappa shape index (κ3) is 5.24. The number of carbonyl (C=O) groups is 1. The third-order valence-electron chi connectivity index (χ3n) is 5.56. The van der Waals surface area contributed by atoms with Crippen LogP contribution in [0.25, 0.3) is 0 Å². The van der Waals surface area contributed by atoms with E-state index < -0.39 is 14.3 Å². The summed E-state index contributed by atoms with van der Waals surface area (Å²) in [5.41, 5.74) is 0.207. The van der Waals surface area contributed by atoms with Crippen molar-refractivity contribution in [3.63, 3.8) is 0 Å². The monoisotopic (exact) mass is 364 g/mol. The molecule has 0 unspecified atom stereocenters. The van der Waals surface area contributed by atoms with E-state index in [1.54, 1.807) is 18.2 Å². The van der Waals surface area contributed by atoms with Crippen molar-refractivity contribution in [2.24, 2.45) is 5.92 Å². The maximum Gasteiger partial charge on any atom is 0.339 e. The van der Waals surface area contributed by atoms with E-state index in [0.29, 0.717) is 24.0 Å². The first-order valence-corrected chi connectivity index (χ1v) is 12.2. The predicted octanol–water partition coefficient (Wildman–Crippen LogP) is 5.73. The van der Waals surface area contributed by atoms with E-state index in [1.165, 1.54) is 32.1 Å². The van der Waals surface area contributed by atoms with Crippen LogP contribution < -0.4 is 9.16 Å². The van der Waals surface area contributed by atoms with E-state index in [-0.39, 0.29) is 10.6 Å². The van der Waals surface area contributed by atoms with Crippen molar-refractivity contribution in [3.8, 4) is 11.5 Å². The van der Waals surface area contributed by atoms with Gasteiger partial charge in [-0.05, 0) is 49.0 Å². The van der Waals surface area contributed by atoms with E-state index in [4.69, 9.17) is 9.16 Å². The summed E-state index contributed by atoms with van der Waals surface area (Å²) in [7, 11) is -1.97. The molecule has 4 nitrogen and oxygen atoms in total. The zero-order chi connectivity index (χ0) is 18.7. The second-order valence-corrected chi connectivity index (χ2v) is 13.4. The van der Waals surface area contributed by atoms with Gasteiger partial charge in [0.1, 0.15) is 17.1 Å². The van der Waals surface area contributed by atoms with Crippen molar-refractivity contribution in [3.05, 3.63) is 23.8 Å². The minimum atomic E-state index is -1.97. The molecular formula is C20H32O4Si. The average Bonchev–Trinajstić information content (AvgIpc) is 2.52. The lowest BCUT2D eigenvalue weighted by Gasteiger charge is -2.36. The van der Waals surface area contributed by atoms with Gasteiger partial charge >= 0.3 is 5.97 Å². The number of benzene rings is 1. The van der Waals surface area contributed by atoms with Crippen LogP contribution >= 0.6 is 0 Å². The molecule has 0 aromatic heterocycles. The number of ether oxygens (including phenoxy) is 1. The number of hydrogen-bond acceptors (Lipinski definition) is 3. The highest BCUT2D eigenvalue weighted by atomic mass is 28.4. The number of carboxylic acid groups (broad SMARTS) is 1. The Morgan fingerprint density at radius 2 is 1.84 bits per heavy atom. The lowest BCUT2D eigenvalue weighted by molar-refractivity contribution is 0.0690. The average molecular weight is 365 g/mol. The quantitative estimate of drug-likeness (QED) is 0.655. The summed E-state index contributed by atoms with van der Waals surface area (Å²) in [4.78, 5) is 11.5. The standard InChI is InChI=1S/C20H32O4Si/c1-20(2,3)25(4,5)24-16-11-12-17(19(21)22)18(13-16)23-14-15-9-7-6-8-10-15/h11-13,15H,6-10,14H2,1-5H3,(H,21,22). The first-order chi connectivity index (χ1) is 11.6. The van der Waals surface area contributed by atoms with E-state index >= 15 is 0 Å². The van der Waals surface area contributed by atoms with Gasteiger partial charge in [-0.3, -0.25) is 0 Å². The number of rotatable bonds is 6. The Hall–Kier alpha value is -1.49. The van der Waals surface area contributed by atoms with Gasteiger partial charge in [-0.15, -0.1) is 0 Å². The van der Waals surface area contributed by atoms with E-state index in [2.05, 4.69) is 33.9 Å². The van der Waals surface area contributed by atoms with Crippen LogP contribution in [0, 0.1) is 5.92 Å². The van der Waals surface area contributed by atoms with Crippen molar-refractivity contribution in [2.75, 3.05) is 6.61 Å². The van der Waals surface area contributed by atoms with Crippen molar-refractivity contribution < 1.29 is 19.1 Å². The highest BCUT2D eigenvalue weighted by Crippen LogP contribution is 2.38. The molecule has 0 spiro atoms. The molecule has 2 rings (SSSR count). The minimum absolute atomic E-state index is 0.0849. The Bertz CT molecular complexity index is 598. The maximum absolute atomic E-state index is 11.5. The Balaban J connectivity index is 2.16. The molecule has 0 bridgehead atoms. The highest BCUT2D eigenvalue weighted by Gasteiger charge is 2.39. The van der Waals surface area contributed by atoms with Crippen LogP contribution in [-0.4, -0.2) is 26.0 Å². The van der Waals surface area contributed by atoms with Crippen molar-refractivity contribution in [1.82, 2.24) is 0 Å². The molecule has 5 heteroatoms. The Kier molecular flexibility index (Phi) is 6.19. The summed E-state index contributed by atoms with van der Waals surface area (Å²) >= 11 is 0. The lowest BCUT2D eigenvalue weighted by Crippen LogP contribution is -2.43. The summed E-state index contributed by atoms with van der Waals surface area (Å²) in [6, 6.07) is 5.10. The van der Waals surface area contributed by atoms with Crippen molar-refractivity contribution in [1.29, 1.82) is 0 Å². The van der Waals surface area contributed by atoms with Gasteiger partial charge in [-0.2, -0.15) is 0 Å². The van der Waals surface area contributed by atoms with Gasteiger partial charge in [0.05, 0.1) is 6.61 Å². The van der Waals surface area contributed by atoms with E-state index in [9.17, 15) is 9.90 Å². The molecular weight excluding hydrogens is 332 g/mol. The van der Waals surface area contributed by atoms with Gasteiger partial charge in [-0.25, -0.2) is 4.79 Å². The van der Waals surface area contributed by atoms with Gasteiger partial charge < -0.3 is 14.3 Å². The molecule has 1 aromatic rings. The number of aromatic carboxylic acids is 1. The molecule has 0 saturated heterocycles. The molecule has 25 heavy (non-hydrogen) atoms. The predicted molar refractivity (Wildman–Crippen MR) is 103 cm³/mol. The number of hydrogen-bond donors (Lipinski definition) is 1. The lowest BCUT2D eigenvalue weighted by atomic mass is 9.90. The number of carboxylic acids is 1. The fraction of sp³-hybridized carbons (Fsp3) is 0.650. The van der Waals surface area contributed by atoms with E-state index in [0.717, 1.165) is 0 Å². The molecule has 0 heterocycles. The van der Waals surface area contributed by atoms with Crippen LogP contribution in [0.1, 0.15) is 63.2 Å². The summed E-state index contributed by atoms with van der Waals surface area (Å²) in [6.07, 6.45) is 6.13. The van der Waals surface area contributed by atoms with Crippen LogP contribution in [0.15, 0.2) is 18.2 Å². The molecule has 1 aliphatic rings. The SMILES string of the molecule is CC(C)(C)[Si](C)(C)Oc1ccc(C(=O)O)c(OCC2CCCCC2)c1. The van der Waals surface area contributed by atoms with Crippen LogP contribution in [0.4, 0.5) is 0 Å². The Labute approximate surface area is 152 Å². The first-order valence-electron chi connectivity index (χ1n) is 9.29. The smallest absolute Gasteiger partial charge is 0.339 e. The van der Waals surface area contributed by atoms with Gasteiger partial charge in [0.25, 0.3) is 0 Å². The molecule has 0 amide bonds. The largest absolute Gasteiger partial charge is 0.543 e. The highest BCUT2D eigenvalue weighted by molar-refractivity contribution is 6.74. The molecule has 0 radical (unpaired) electrons. The summed E-state index contributed by atoms with van der Waals surface area (Å²) < 4.78 is 12.2. The van der Waals surface area contributed by atoms with Crippen molar-refractivity contribution >= 4 is 14.3 Å². The first kappa shape index (κ1) is 19.8. The zero-order valence-electron chi connectivity index (χ0n) is 16.2. The second kappa shape index (κ2) is 7.81. The fourth-order valence-electron chi connectivity index (χ4n) is 2.87. The molecule has 0 atom stereocenters. The molecule has 1 N–H and O–H groups in total. The topological polar surface area (TPSA) is 55.8 Å². The van der Waals surface area contributed by atoms with E-state index in [1.807, 2.05) is 0 Å². The van der Waals surface area contributed by atoms with Crippen LogP contribution in [-0.2, 0) is 0 Å².